The van der Waals surface area contributed by atoms with Crippen LogP contribution in [0.15, 0.2) is 29.2 Å². The van der Waals surface area contributed by atoms with Gasteiger partial charge in [-0.05, 0) is 36.1 Å². The highest BCUT2D eigenvalue weighted by molar-refractivity contribution is 7.98. The highest BCUT2D eigenvalue weighted by Gasteiger charge is 2.33. The summed E-state index contributed by atoms with van der Waals surface area (Å²) in [6.07, 6.45) is 1.47. The third kappa shape index (κ3) is 3.35. The number of carbonyl (C=O) groups is 1. The van der Waals surface area contributed by atoms with Gasteiger partial charge in [0.1, 0.15) is 10.8 Å². The normalized spacial score (nSPS) is 16.8. The maximum absolute atomic E-state index is 12.9. The van der Waals surface area contributed by atoms with Crippen LogP contribution in [-0.4, -0.2) is 10.8 Å². The van der Waals surface area contributed by atoms with Crippen LogP contribution in [0.4, 0.5) is 4.39 Å². The highest BCUT2D eigenvalue weighted by Crippen LogP contribution is 2.38. The standard InChI is InChI=1S/C16H16FNOS2/c1-16(2)7-12-15(13(19)8-16)21-14(18-12)9-20-11-5-3-10(17)4-6-11/h3-6H,7-9H2,1-2H3. The Kier molecular flexibility index (Phi) is 3.88. The van der Waals surface area contributed by atoms with Crippen LogP contribution < -0.4 is 0 Å². The summed E-state index contributed by atoms with van der Waals surface area (Å²) in [5.41, 5.74) is 0.968. The first kappa shape index (κ1) is 14.7. The van der Waals surface area contributed by atoms with E-state index in [9.17, 15) is 9.18 Å². The average Bonchev–Trinajstić information content (AvgIpc) is 2.80. The van der Waals surface area contributed by atoms with Crippen LogP contribution in [0.25, 0.3) is 0 Å². The molecule has 0 fully saturated rings. The number of benzene rings is 1. The molecule has 0 saturated heterocycles. The van der Waals surface area contributed by atoms with Crippen LogP contribution >= 0.6 is 23.1 Å². The number of hydrogen-bond acceptors (Lipinski definition) is 4. The molecule has 1 aliphatic rings. The minimum absolute atomic E-state index is 0.0134. The predicted molar refractivity (Wildman–Crippen MR) is 84.5 cm³/mol. The smallest absolute Gasteiger partial charge is 0.175 e. The number of rotatable bonds is 3. The number of ketones is 1. The van der Waals surface area contributed by atoms with E-state index in [-0.39, 0.29) is 17.0 Å². The molecule has 1 aromatic carbocycles. The van der Waals surface area contributed by atoms with Gasteiger partial charge in [-0.1, -0.05) is 13.8 Å². The lowest BCUT2D eigenvalue weighted by atomic mass is 9.78. The first-order valence-corrected chi connectivity index (χ1v) is 8.63. The first-order valence-electron chi connectivity index (χ1n) is 6.83. The van der Waals surface area contributed by atoms with E-state index in [1.165, 1.54) is 23.5 Å². The molecule has 0 radical (unpaired) electrons. The van der Waals surface area contributed by atoms with Crippen LogP contribution in [0.5, 0.6) is 0 Å². The van der Waals surface area contributed by atoms with Gasteiger partial charge in [0, 0.05) is 11.3 Å². The second kappa shape index (κ2) is 5.54. The Hall–Kier alpha value is -1.20. The SMILES string of the molecule is CC1(C)CC(=O)c2sc(CSc3ccc(F)cc3)nc2C1. The summed E-state index contributed by atoms with van der Waals surface area (Å²) < 4.78 is 12.9. The monoisotopic (exact) mass is 321 g/mol. The van der Waals surface area contributed by atoms with Crippen LogP contribution in [0.2, 0.25) is 0 Å². The van der Waals surface area contributed by atoms with Crippen molar-refractivity contribution in [2.45, 2.75) is 37.3 Å². The summed E-state index contributed by atoms with van der Waals surface area (Å²) in [7, 11) is 0. The molecule has 0 bridgehead atoms. The van der Waals surface area contributed by atoms with Crippen molar-refractivity contribution in [3.05, 3.63) is 45.7 Å². The Labute approximate surface area is 131 Å². The quantitative estimate of drug-likeness (QED) is 0.766. The summed E-state index contributed by atoms with van der Waals surface area (Å²) in [4.78, 5) is 18.6. The number of fused-ring (bicyclic) bond motifs is 1. The fourth-order valence-electron chi connectivity index (χ4n) is 2.51. The Balaban J connectivity index is 1.73. The molecule has 0 aliphatic heterocycles. The minimum Gasteiger partial charge on any atom is -0.293 e. The van der Waals surface area contributed by atoms with Gasteiger partial charge in [-0.2, -0.15) is 0 Å². The van der Waals surface area contributed by atoms with Crippen LogP contribution in [0, 0.1) is 11.2 Å². The van der Waals surface area contributed by atoms with Crippen molar-refractivity contribution >= 4 is 28.9 Å². The van der Waals surface area contributed by atoms with Gasteiger partial charge in [-0.25, -0.2) is 9.37 Å². The molecule has 0 unspecified atom stereocenters. The Morgan fingerprint density at radius 1 is 1.29 bits per heavy atom. The molecule has 21 heavy (non-hydrogen) atoms. The van der Waals surface area contributed by atoms with E-state index in [1.54, 1.807) is 23.9 Å². The summed E-state index contributed by atoms with van der Waals surface area (Å²) >= 11 is 3.13. The summed E-state index contributed by atoms with van der Waals surface area (Å²) in [6.45, 7) is 4.22. The molecule has 3 rings (SSSR count). The highest BCUT2D eigenvalue weighted by atomic mass is 32.2. The molecule has 1 aliphatic carbocycles. The molecule has 0 N–H and O–H groups in total. The van der Waals surface area contributed by atoms with E-state index in [1.807, 2.05) is 0 Å². The Morgan fingerprint density at radius 2 is 2.00 bits per heavy atom. The van der Waals surface area contributed by atoms with E-state index in [2.05, 4.69) is 18.8 Å². The van der Waals surface area contributed by atoms with Gasteiger partial charge < -0.3 is 0 Å². The number of Topliss-reactive ketones (excluding diaryl/α,β-unsaturated/α-hetero) is 1. The van der Waals surface area contributed by atoms with E-state index < -0.39 is 0 Å². The van der Waals surface area contributed by atoms with Gasteiger partial charge in [0.25, 0.3) is 0 Å². The number of hydrogen-bond donors (Lipinski definition) is 0. The zero-order chi connectivity index (χ0) is 15.0. The molecule has 110 valence electrons. The van der Waals surface area contributed by atoms with Gasteiger partial charge in [0.15, 0.2) is 5.78 Å². The number of aromatic nitrogens is 1. The maximum atomic E-state index is 12.9. The molecule has 2 nitrogen and oxygen atoms in total. The Morgan fingerprint density at radius 3 is 2.71 bits per heavy atom. The lowest BCUT2D eigenvalue weighted by Crippen LogP contribution is -2.25. The molecule has 2 aromatic rings. The number of thiazole rings is 1. The van der Waals surface area contributed by atoms with Crippen LogP contribution in [0.1, 0.15) is 40.6 Å². The summed E-state index contributed by atoms with van der Waals surface area (Å²) in [6, 6.07) is 6.45. The molecule has 0 spiro atoms. The van der Waals surface area contributed by atoms with Crippen LogP contribution in [0.3, 0.4) is 0 Å². The molecule has 5 heteroatoms. The van der Waals surface area contributed by atoms with Gasteiger partial charge >= 0.3 is 0 Å². The van der Waals surface area contributed by atoms with Crippen molar-refractivity contribution in [2.24, 2.45) is 5.41 Å². The maximum Gasteiger partial charge on any atom is 0.175 e. The van der Waals surface area contributed by atoms with Crippen molar-refractivity contribution in [2.75, 3.05) is 0 Å². The van der Waals surface area contributed by atoms with Crippen molar-refractivity contribution in [1.29, 1.82) is 0 Å². The zero-order valence-electron chi connectivity index (χ0n) is 12.0. The predicted octanol–water partition coefficient (Wildman–Crippen LogP) is 4.73. The van der Waals surface area contributed by atoms with Crippen molar-refractivity contribution in [3.8, 4) is 0 Å². The number of carbonyl (C=O) groups excluding carboxylic acids is 1. The molecule has 0 amide bonds. The number of halogens is 1. The van der Waals surface area contributed by atoms with Crippen molar-refractivity contribution < 1.29 is 9.18 Å². The van der Waals surface area contributed by atoms with Gasteiger partial charge in [0.2, 0.25) is 0 Å². The average molecular weight is 321 g/mol. The zero-order valence-corrected chi connectivity index (χ0v) is 13.6. The molecular weight excluding hydrogens is 305 g/mol. The fraction of sp³-hybridized carbons (Fsp3) is 0.375. The third-order valence-corrected chi connectivity index (χ3v) is 5.80. The third-order valence-electron chi connectivity index (χ3n) is 3.46. The van der Waals surface area contributed by atoms with Gasteiger partial charge in [0.05, 0.1) is 16.3 Å². The first-order chi connectivity index (χ1) is 9.93. The van der Waals surface area contributed by atoms with Crippen LogP contribution in [-0.2, 0) is 12.2 Å². The topological polar surface area (TPSA) is 30.0 Å². The van der Waals surface area contributed by atoms with E-state index in [0.29, 0.717) is 6.42 Å². The number of thioether (sulfide) groups is 1. The van der Waals surface area contributed by atoms with Crippen molar-refractivity contribution in [3.63, 3.8) is 0 Å². The second-order valence-electron chi connectivity index (χ2n) is 6.07. The largest absolute Gasteiger partial charge is 0.293 e. The molecular formula is C16H16FNOS2. The Bertz CT molecular complexity index is 676. The second-order valence-corrected chi connectivity index (χ2v) is 8.20. The molecule has 1 heterocycles. The van der Waals surface area contributed by atoms with Gasteiger partial charge in [-0.15, -0.1) is 23.1 Å². The molecule has 0 saturated carbocycles. The minimum atomic E-state index is -0.225. The summed E-state index contributed by atoms with van der Waals surface area (Å²) in [5.74, 6) is 0.713. The van der Waals surface area contributed by atoms with Gasteiger partial charge in [-0.3, -0.25) is 4.79 Å². The number of nitrogens with zero attached hydrogens (tertiary/aromatic N) is 1. The fourth-order valence-corrected chi connectivity index (χ4v) is 4.42. The van der Waals surface area contributed by atoms with Crippen molar-refractivity contribution in [1.82, 2.24) is 4.98 Å². The summed E-state index contributed by atoms with van der Waals surface area (Å²) in [5, 5.41) is 0.973. The van der Waals surface area contributed by atoms with E-state index in [0.717, 1.165) is 32.6 Å². The van der Waals surface area contributed by atoms with E-state index >= 15 is 0 Å². The lowest BCUT2D eigenvalue weighted by molar-refractivity contribution is 0.0916. The van der Waals surface area contributed by atoms with E-state index in [4.69, 9.17) is 0 Å². The molecule has 0 atom stereocenters. The molecule has 1 aromatic heterocycles. The lowest BCUT2D eigenvalue weighted by Gasteiger charge is -2.26.